The molecule has 240 valence electrons. The first kappa shape index (κ1) is 30.4. The van der Waals surface area contributed by atoms with Crippen LogP contribution in [0.2, 0.25) is 5.02 Å². The molecule has 4 aliphatic rings. The summed E-state index contributed by atoms with van der Waals surface area (Å²) in [6.45, 7) is 1.47. The van der Waals surface area contributed by atoms with Crippen molar-refractivity contribution in [2.24, 2.45) is 11.3 Å². The fourth-order valence-corrected chi connectivity index (χ4v) is 7.20. The van der Waals surface area contributed by atoms with E-state index in [0.717, 1.165) is 18.4 Å². The number of pyridine rings is 1. The Labute approximate surface area is 262 Å². The van der Waals surface area contributed by atoms with Crippen molar-refractivity contribution in [3.05, 3.63) is 34.9 Å². The number of anilines is 1. The van der Waals surface area contributed by atoms with Crippen LogP contribution in [0.4, 0.5) is 19.0 Å². The summed E-state index contributed by atoms with van der Waals surface area (Å²) in [5.41, 5.74) is 0.468. The Bertz CT molecular complexity index is 1750. The van der Waals surface area contributed by atoms with Crippen LogP contribution in [0.15, 0.2) is 18.5 Å². The maximum absolute atomic E-state index is 16.9. The lowest BCUT2D eigenvalue weighted by atomic mass is 9.94. The lowest BCUT2D eigenvalue weighted by Crippen LogP contribution is -2.45. The van der Waals surface area contributed by atoms with Gasteiger partial charge in [-0.2, -0.15) is 15.1 Å². The zero-order chi connectivity index (χ0) is 31.5. The van der Waals surface area contributed by atoms with Crippen molar-refractivity contribution in [2.75, 3.05) is 58.5 Å². The Morgan fingerprint density at radius 1 is 1.20 bits per heavy atom. The fourth-order valence-electron chi connectivity index (χ4n) is 6.90. The molecule has 1 aromatic carbocycles. The number of fused-ring (bicyclic) bond motifs is 7. The molecule has 3 aliphatic heterocycles. The number of piperidine rings is 1. The van der Waals surface area contributed by atoms with Gasteiger partial charge in [-0.15, -0.1) is 0 Å². The van der Waals surface area contributed by atoms with Crippen LogP contribution >= 0.6 is 11.6 Å². The van der Waals surface area contributed by atoms with Crippen LogP contribution in [-0.2, 0) is 11.2 Å². The fraction of sp³-hybridized carbons (Fsp3) is 0.548. The van der Waals surface area contributed by atoms with E-state index < -0.39 is 23.3 Å². The molecule has 1 aliphatic carbocycles. The standard InChI is InChI=1S/C31H35ClF3N7O3/c1-41(2)15-30(14-31(30,34)35)16-45-29-38-26-21-9-36-27(25(26)33)24-19(22(32)8-23-20(24)10-37-40-23)5-3-4-6-44-13-17-7-18(43)12-42(11-17)28(21)39-29/h8-10,17-18,43H,3-7,11-16H2,1-2H3,(H,37,40)/t17-,18+,30-/m1/s1. The van der Waals surface area contributed by atoms with E-state index in [2.05, 4.69) is 25.1 Å². The summed E-state index contributed by atoms with van der Waals surface area (Å²) in [4.78, 5) is 17.2. The van der Waals surface area contributed by atoms with E-state index in [4.69, 9.17) is 21.1 Å². The van der Waals surface area contributed by atoms with E-state index in [1.807, 2.05) is 4.90 Å². The van der Waals surface area contributed by atoms with Gasteiger partial charge in [0.25, 0.3) is 5.92 Å². The molecule has 6 heterocycles. The number of benzene rings is 1. The average Bonchev–Trinajstić information content (AvgIpc) is 3.26. The summed E-state index contributed by atoms with van der Waals surface area (Å²) in [7, 11) is 3.46. The number of nitrogens with zero attached hydrogens (tertiary/aromatic N) is 6. The predicted octanol–water partition coefficient (Wildman–Crippen LogP) is 4.87. The van der Waals surface area contributed by atoms with Crippen molar-refractivity contribution in [3.8, 4) is 17.3 Å². The van der Waals surface area contributed by atoms with E-state index in [1.165, 1.54) is 6.20 Å². The molecule has 1 saturated carbocycles. The third-order valence-corrected chi connectivity index (χ3v) is 9.46. The van der Waals surface area contributed by atoms with Gasteiger partial charge in [0.1, 0.15) is 23.6 Å². The van der Waals surface area contributed by atoms with E-state index >= 15 is 4.39 Å². The van der Waals surface area contributed by atoms with Crippen molar-refractivity contribution in [1.29, 1.82) is 0 Å². The van der Waals surface area contributed by atoms with Gasteiger partial charge in [-0.05, 0) is 51.4 Å². The van der Waals surface area contributed by atoms with Crippen molar-refractivity contribution < 1.29 is 27.8 Å². The van der Waals surface area contributed by atoms with Gasteiger partial charge in [-0.3, -0.25) is 10.1 Å². The minimum atomic E-state index is -2.90. The summed E-state index contributed by atoms with van der Waals surface area (Å²) in [6.07, 6.45) is 4.76. The van der Waals surface area contributed by atoms with Crippen molar-refractivity contribution >= 4 is 39.2 Å². The molecule has 14 heteroatoms. The van der Waals surface area contributed by atoms with Gasteiger partial charge >= 0.3 is 6.01 Å². The molecule has 2 fully saturated rings. The monoisotopic (exact) mass is 645 g/mol. The Morgan fingerprint density at radius 2 is 2.02 bits per heavy atom. The summed E-state index contributed by atoms with van der Waals surface area (Å²) < 4.78 is 57.9. The van der Waals surface area contributed by atoms with Gasteiger partial charge in [0, 0.05) is 60.7 Å². The van der Waals surface area contributed by atoms with Crippen LogP contribution in [0.1, 0.15) is 31.2 Å². The van der Waals surface area contributed by atoms with Crippen LogP contribution in [0, 0.1) is 17.2 Å². The van der Waals surface area contributed by atoms with Crippen LogP contribution in [0.3, 0.4) is 0 Å². The summed E-state index contributed by atoms with van der Waals surface area (Å²) >= 11 is 6.77. The number of hydrogen-bond donors (Lipinski definition) is 2. The lowest BCUT2D eigenvalue weighted by molar-refractivity contribution is 0.0288. The second-order valence-corrected chi connectivity index (χ2v) is 13.3. The van der Waals surface area contributed by atoms with Crippen molar-refractivity contribution in [1.82, 2.24) is 30.0 Å². The number of hydrogen-bond acceptors (Lipinski definition) is 9. The zero-order valence-electron chi connectivity index (χ0n) is 25.1. The quantitative estimate of drug-likeness (QED) is 0.314. The molecule has 1 saturated heterocycles. The molecule has 45 heavy (non-hydrogen) atoms. The van der Waals surface area contributed by atoms with Crippen LogP contribution in [0.5, 0.6) is 6.01 Å². The SMILES string of the molecule is CN(C)C[C@@]1(COc2nc3c4cnc(c(F)c4n2)-c2c(c(Cl)cc4[nH]ncc24)CCCCOC[C@@H]2C[C@H](O)CN3C2)CC1(F)F. The number of rotatable bonds is 5. The molecule has 0 radical (unpaired) electrons. The molecule has 3 aromatic heterocycles. The van der Waals surface area contributed by atoms with Crippen molar-refractivity contribution in [3.63, 3.8) is 0 Å². The third-order valence-electron chi connectivity index (χ3n) is 9.12. The molecule has 0 unspecified atom stereocenters. The first-order valence-corrected chi connectivity index (χ1v) is 15.6. The summed E-state index contributed by atoms with van der Waals surface area (Å²) in [5, 5.41) is 19.3. The Morgan fingerprint density at radius 3 is 2.80 bits per heavy atom. The molecule has 10 nitrogen and oxygen atoms in total. The Kier molecular flexibility index (Phi) is 7.78. The van der Waals surface area contributed by atoms with Gasteiger partial charge in [0.2, 0.25) is 0 Å². The van der Waals surface area contributed by atoms with Crippen molar-refractivity contribution in [2.45, 2.75) is 44.1 Å². The Balaban J connectivity index is 1.40. The number of ether oxygens (including phenoxy) is 2. The molecule has 0 amide bonds. The van der Waals surface area contributed by atoms with Gasteiger partial charge in [0.15, 0.2) is 5.82 Å². The van der Waals surface area contributed by atoms with E-state index in [1.54, 1.807) is 31.3 Å². The first-order valence-electron chi connectivity index (χ1n) is 15.2. The van der Waals surface area contributed by atoms with E-state index in [0.29, 0.717) is 65.3 Å². The number of H-pyrrole nitrogens is 1. The molecule has 3 atom stereocenters. The number of aliphatic hydroxyl groups excluding tert-OH is 1. The minimum Gasteiger partial charge on any atom is -0.463 e. The average molecular weight is 646 g/mol. The maximum Gasteiger partial charge on any atom is 0.319 e. The molecular weight excluding hydrogens is 611 g/mol. The predicted molar refractivity (Wildman–Crippen MR) is 164 cm³/mol. The second kappa shape index (κ2) is 11.5. The maximum atomic E-state index is 16.9. The molecule has 8 rings (SSSR count). The molecule has 4 aromatic rings. The summed E-state index contributed by atoms with van der Waals surface area (Å²) in [6, 6.07) is 1.56. The zero-order valence-corrected chi connectivity index (χ0v) is 25.9. The lowest BCUT2D eigenvalue weighted by Gasteiger charge is -2.37. The number of halogens is 4. The van der Waals surface area contributed by atoms with Gasteiger partial charge < -0.3 is 24.4 Å². The van der Waals surface area contributed by atoms with E-state index in [9.17, 15) is 13.9 Å². The number of aromatic amines is 1. The normalized spacial score (nSPS) is 24.9. The van der Waals surface area contributed by atoms with Gasteiger partial charge in [-0.1, -0.05) is 11.6 Å². The molecule has 6 bridgehead atoms. The molecular formula is C31H35ClF3N7O3. The van der Waals surface area contributed by atoms with E-state index in [-0.39, 0.29) is 49.3 Å². The van der Waals surface area contributed by atoms with Crippen LogP contribution in [0.25, 0.3) is 33.1 Å². The highest BCUT2D eigenvalue weighted by molar-refractivity contribution is 6.33. The van der Waals surface area contributed by atoms with Gasteiger partial charge in [0.05, 0.1) is 35.2 Å². The smallest absolute Gasteiger partial charge is 0.319 e. The highest BCUT2D eigenvalue weighted by Gasteiger charge is 2.71. The van der Waals surface area contributed by atoms with Crippen LogP contribution in [-0.4, -0.2) is 101 Å². The first-order chi connectivity index (χ1) is 21.5. The Hall–Kier alpha value is -3.26. The number of nitrogens with one attached hydrogen (secondary N) is 1. The number of aromatic nitrogens is 5. The minimum absolute atomic E-state index is 0.00817. The highest BCUT2D eigenvalue weighted by atomic mass is 35.5. The highest BCUT2D eigenvalue weighted by Crippen LogP contribution is 2.60. The summed E-state index contributed by atoms with van der Waals surface area (Å²) in [5.74, 6) is -3.30. The van der Waals surface area contributed by atoms with Crippen LogP contribution < -0.4 is 9.64 Å². The van der Waals surface area contributed by atoms with Gasteiger partial charge in [-0.25, -0.2) is 13.2 Å². The third kappa shape index (κ3) is 5.57. The second-order valence-electron chi connectivity index (χ2n) is 12.9. The number of aliphatic hydroxyl groups is 1. The largest absolute Gasteiger partial charge is 0.463 e. The number of alkyl halides is 2. The molecule has 2 N–H and O–H groups in total. The topological polar surface area (TPSA) is 113 Å². The molecule has 0 spiro atoms.